The maximum Gasteiger partial charge on any atom is 0.330 e. The molecule has 4 rings (SSSR count). The minimum Gasteiger partial charge on any atom is -0.508 e. The van der Waals surface area contributed by atoms with Crippen molar-refractivity contribution in [3.63, 3.8) is 0 Å². The Balaban J connectivity index is 1.40. The van der Waals surface area contributed by atoms with Crippen LogP contribution in [0.25, 0.3) is 17.2 Å². The highest BCUT2D eigenvalue weighted by molar-refractivity contribution is 5.87. The van der Waals surface area contributed by atoms with Gasteiger partial charge in [-0.2, -0.15) is 0 Å². The molecule has 5 N–H and O–H groups in total. The monoisotopic (exact) mass is 413 g/mol. The molecule has 3 aromatic rings. The van der Waals surface area contributed by atoms with Crippen LogP contribution in [0.3, 0.4) is 0 Å². The van der Waals surface area contributed by atoms with E-state index in [0.717, 1.165) is 0 Å². The first-order chi connectivity index (χ1) is 14.4. The summed E-state index contributed by atoms with van der Waals surface area (Å²) < 4.78 is 12.3. The van der Waals surface area contributed by atoms with Crippen molar-refractivity contribution < 1.29 is 29.6 Å². The van der Waals surface area contributed by atoms with Crippen LogP contribution < -0.4 is 5.73 Å². The van der Waals surface area contributed by atoms with E-state index in [1.165, 1.54) is 41.5 Å². The van der Waals surface area contributed by atoms with Crippen molar-refractivity contribution in [2.75, 3.05) is 12.3 Å². The number of esters is 1. The summed E-state index contributed by atoms with van der Waals surface area (Å²) in [7, 11) is 0. The number of nitrogen functional groups attached to an aromatic ring is 1. The Bertz CT molecular complexity index is 1080. The topological polar surface area (TPSA) is 166 Å². The Morgan fingerprint density at radius 2 is 1.97 bits per heavy atom. The van der Waals surface area contributed by atoms with Gasteiger partial charge in [0.1, 0.15) is 42.5 Å². The number of carbonyl (C=O) groups is 1. The molecule has 0 radical (unpaired) electrons. The molecule has 0 amide bonds. The van der Waals surface area contributed by atoms with Gasteiger partial charge in [-0.1, -0.05) is 12.1 Å². The number of carbonyl (C=O) groups excluding carboxylic acids is 1. The molecule has 1 aromatic carbocycles. The molecule has 1 aliphatic heterocycles. The molecular weight excluding hydrogens is 394 g/mol. The second-order valence-corrected chi connectivity index (χ2v) is 6.68. The first-order valence-corrected chi connectivity index (χ1v) is 9.02. The van der Waals surface area contributed by atoms with Crippen molar-refractivity contribution in [3.05, 3.63) is 48.6 Å². The first-order valence-electron chi connectivity index (χ1n) is 9.02. The summed E-state index contributed by atoms with van der Waals surface area (Å²) in [5.74, 6) is -0.349. The predicted octanol–water partition coefficient (Wildman–Crippen LogP) is -0.0101. The van der Waals surface area contributed by atoms with Gasteiger partial charge in [0.05, 0.1) is 6.33 Å². The van der Waals surface area contributed by atoms with Crippen LogP contribution in [-0.4, -0.2) is 65.7 Å². The summed E-state index contributed by atoms with van der Waals surface area (Å²) in [5, 5.41) is 30.0. The Hall–Kier alpha value is -3.54. The quantitative estimate of drug-likeness (QED) is 0.330. The van der Waals surface area contributed by atoms with Crippen molar-refractivity contribution in [1.82, 2.24) is 19.5 Å². The Labute approximate surface area is 170 Å². The number of aromatic hydroxyl groups is 1. The van der Waals surface area contributed by atoms with Crippen molar-refractivity contribution in [3.8, 4) is 5.75 Å². The molecule has 1 aliphatic rings. The van der Waals surface area contributed by atoms with E-state index in [0.29, 0.717) is 16.7 Å². The van der Waals surface area contributed by atoms with Crippen LogP contribution >= 0.6 is 0 Å². The molecule has 11 heteroatoms. The molecule has 4 atom stereocenters. The van der Waals surface area contributed by atoms with Crippen LogP contribution in [0, 0.1) is 0 Å². The van der Waals surface area contributed by atoms with E-state index in [-0.39, 0.29) is 18.2 Å². The second kappa shape index (κ2) is 8.06. The third-order valence-electron chi connectivity index (χ3n) is 4.69. The van der Waals surface area contributed by atoms with E-state index in [2.05, 4.69) is 15.0 Å². The number of imidazole rings is 1. The number of phenols is 1. The van der Waals surface area contributed by atoms with Gasteiger partial charge in [0.25, 0.3) is 0 Å². The summed E-state index contributed by atoms with van der Waals surface area (Å²) in [5.41, 5.74) is 7.15. The largest absolute Gasteiger partial charge is 0.508 e. The van der Waals surface area contributed by atoms with E-state index in [9.17, 15) is 20.1 Å². The van der Waals surface area contributed by atoms with Gasteiger partial charge in [-0.25, -0.2) is 19.7 Å². The van der Waals surface area contributed by atoms with Crippen molar-refractivity contribution in [1.29, 1.82) is 0 Å². The molecule has 3 heterocycles. The summed E-state index contributed by atoms with van der Waals surface area (Å²) in [4.78, 5) is 24.0. The lowest BCUT2D eigenvalue weighted by Crippen LogP contribution is -2.34. The summed E-state index contributed by atoms with van der Waals surface area (Å²) in [6.45, 7) is -0.267. The highest BCUT2D eigenvalue weighted by Gasteiger charge is 2.44. The summed E-state index contributed by atoms with van der Waals surface area (Å²) in [6, 6.07) is 6.26. The van der Waals surface area contributed by atoms with E-state index >= 15 is 0 Å². The number of benzene rings is 1. The van der Waals surface area contributed by atoms with Gasteiger partial charge in [-0.05, 0) is 23.8 Å². The SMILES string of the molecule is Nc1ncnc2c1ncn2[C@@H]1O[C@H](COC(=O)/C=C/c2ccc(O)cc2)[C@@H](O)[C@H]1O. The Kier molecular flexibility index (Phi) is 5.31. The lowest BCUT2D eigenvalue weighted by molar-refractivity contribution is -0.144. The fourth-order valence-electron chi connectivity index (χ4n) is 3.12. The normalized spacial score (nSPS) is 23.9. The number of hydrogen-bond acceptors (Lipinski definition) is 10. The smallest absolute Gasteiger partial charge is 0.330 e. The van der Waals surface area contributed by atoms with Gasteiger partial charge >= 0.3 is 5.97 Å². The van der Waals surface area contributed by atoms with Crippen LogP contribution in [0.5, 0.6) is 5.75 Å². The first kappa shape index (κ1) is 19.8. The van der Waals surface area contributed by atoms with Crippen molar-refractivity contribution >= 4 is 29.0 Å². The Morgan fingerprint density at radius 3 is 2.73 bits per heavy atom. The lowest BCUT2D eigenvalue weighted by Gasteiger charge is -2.16. The van der Waals surface area contributed by atoms with Crippen LogP contribution in [0.1, 0.15) is 11.8 Å². The zero-order chi connectivity index (χ0) is 21.3. The van der Waals surface area contributed by atoms with Gasteiger partial charge in [0, 0.05) is 6.08 Å². The number of nitrogens with two attached hydrogens (primary N) is 1. The van der Waals surface area contributed by atoms with Crippen molar-refractivity contribution in [2.45, 2.75) is 24.5 Å². The molecular formula is C19H19N5O6. The van der Waals surface area contributed by atoms with Crippen LogP contribution in [0.4, 0.5) is 5.82 Å². The molecule has 0 bridgehead atoms. The van der Waals surface area contributed by atoms with E-state index in [4.69, 9.17) is 15.2 Å². The minimum absolute atomic E-state index is 0.120. The second-order valence-electron chi connectivity index (χ2n) is 6.68. The number of anilines is 1. The zero-order valence-electron chi connectivity index (χ0n) is 15.6. The number of fused-ring (bicyclic) bond motifs is 1. The standard InChI is InChI=1S/C19H19N5O6/c20-17-14-18(22-8-21-17)24(9-23-14)19-16(28)15(27)12(30-19)7-29-13(26)6-3-10-1-4-11(25)5-2-10/h1-6,8-9,12,15-16,19,25,27-28H,7H2,(H2,20,21,22)/b6-3+/t12-,15-,16-,19-/m1/s1. The van der Waals surface area contributed by atoms with Gasteiger partial charge in [-0.3, -0.25) is 4.57 Å². The highest BCUT2D eigenvalue weighted by atomic mass is 16.6. The van der Waals surface area contributed by atoms with E-state index < -0.39 is 30.5 Å². The number of aliphatic hydroxyl groups is 2. The lowest BCUT2D eigenvalue weighted by atomic mass is 10.1. The molecule has 1 saturated heterocycles. The predicted molar refractivity (Wildman–Crippen MR) is 104 cm³/mol. The molecule has 11 nitrogen and oxygen atoms in total. The van der Waals surface area contributed by atoms with Gasteiger partial charge in [-0.15, -0.1) is 0 Å². The molecule has 2 aromatic heterocycles. The fraction of sp³-hybridized carbons (Fsp3) is 0.263. The van der Waals surface area contributed by atoms with E-state index in [1.807, 2.05) is 0 Å². The number of ether oxygens (including phenoxy) is 2. The number of hydrogen-bond donors (Lipinski definition) is 4. The minimum atomic E-state index is -1.30. The summed E-state index contributed by atoms with van der Waals surface area (Å²) in [6.07, 6.45) is 0.842. The zero-order valence-corrected chi connectivity index (χ0v) is 15.6. The number of aliphatic hydroxyl groups excluding tert-OH is 2. The average molecular weight is 413 g/mol. The molecule has 0 spiro atoms. The molecule has 0 unspecified atom stereocenters. The van der Waals surface area contributed by atoms with Crippen LogP contribution in [-0.2, 0) is 14.3 Å². The third kappa shape index (κ3) is 3.81. The molecule has 156 valence electrons. The maximum atomic E-state index is 11.9. The number of phenolic OH excluding ortho intramolecular Hbond substituents is 1. The van der Waals surface area contributed by atoms with E-state index in [1.54, 1.807) is 12.1 Å². The van der Waals surface area contributed by atoms with Crippen molar-refractivity contribution in [2.24, 2.45) is 0 Å². The molecule has 1 fully saturated rings. The molecule has 0 aliphatic carbocycles. The maximum absolute atomic E-state index is 11.9. The van der Waals surface area contributed by atoms with Crippen LogP contribution in [0.2, 0.25) is 0 Å². The summed E-state index contributed by atoms with van der Waals surface area (Å²) >= 11 is 0. The van der Waals surface area contributed by atoms with Gasteiger partial charge < -0.3 is 30.5 Å². The third-order valence-corrected chi connectivity index (χ3v) is 4.69. The highest BCUT2D eigenvalue weighted by Crippen LogP contribution is 2.32. The fourth-order valence-corrected chi connectivity index (χ4v) is 3.12. The molecule has 30 heavy (non-hydrogen) atoms. The number of aromatic nitrogens is 4. The number of nitrogens with zero attached hydrogens (tertiary/aromatic N) is 4. The Morgan fingerprint density at radius 1 is 1.20 bits per heavy atom. The average Bonchev–Trinajstić information content (AvgIpc) is 3.29. The number of rotatable bonds is 5. The van der Waals surface area contributed by atoms with Crippen LogP contribution in [0.15, 0.2) is 43.0 Å². The van der Waals surface area contributed by atoms with Gasteiger partial charge in [0.15, 0.2) is 17.7 Å². The molecule has 0 saturated carbocycles. The van der Waals surface area contributed by atoms with Gasteiger partial charge in [0.2, 0.25) is 0 Å².